The molecule has 16 aromatic carbocycles. The molecule has 0 spiro atoms. The van der Waals surface area contributed by atoms with Crippen LogP contribution in [0.15, 0.2) is 397 Å². The van der Waals surface area contributed by atoms with Crippen molar-refractivity contribution < 1.29 is 9.31 Å². The molecule has 4 nitrogen and oxygen atoms in total. The van der Waals surface area contributed by atoms with Crippen LogP contribution in [0, 0.1) is 3.57 Å². The molecule has 21 rings (SSSR count). The number of fused-ring (bicyclic) bond motifs is 12. The predicted octanol–water partition coefficient (Wildman–Crippen LogP) is 27.4. The number of aromatic nitrogens is 2. The molecule has 0 atom stereocenters. The Kier molecular flexibility index (Phi) is 18.3. The highest BCUT2D eigenvalue weighted by atomic mass is 127. The summed E-state index contributed by atoms with van der Waals surface area (Å²) in [6.07, 6.45) is 0. The van der Waals surface area contributed by atoms with Crippen molar-refractivity contribution in [2.45, 2.75) is 49.7 Å². The third-order valence-electron chi connectivity index (χ3n) is 23.7. The van der Waals surface area contributed by atoms with E-state index in [1.165, 1.54) is 142 Å². The molecule has 0 unspecified atom stereocenters. The molecule has 112 heavy (non-hydrogen) atoms. The second kappa shape index (κ2) is 28.8. The molecule has 0 radical (unpaired) electrons. The van der Waals surface area contributed by atoms with Gasteiger partial charge in [0.1, 0.15) is 0 Å². The fourth-order valence-electron chi connectivity index (χ4n) is 17.8. The predicted molar refractivity (Wildman–Crippen MR) is 483 cm³/mol. The van der Waals surface area contributed by atoms with Crippen molar-refractivity contribution in [3.63, 3.8) is 0 Å². The van der Waals surface area contributed by atoms with Crippen LogP contribution in [0.4, 0.5) is 0 Å². The monoisotopic (exact) mass is 1680 g/mol. The largest absolute Gasteiger partial charge is 0.494 e. The number of hydrogen-bond donors (Lipinski definition) is 0. The van der Waals surface area contributed by atoms with Crippen molar-refractivity contribution in [3.05, 3.63) is 445 Å². The smallest absolute Gasteiger partial charge is 0.399 e. The third-order valence-corrected chi connectivity index (χ3v) is 25.4. The molecule has 1 saturated heterocycles. The molecule has 2 aromatic heterocycles. The van der Waals surface area contributed by atoms with Crippen molar-refractivity contribution in [3.8, 4) is 67.0 Å². The molecule has 538 valence electrons. The van der Waals surface area contributed by atoms with Gasteiger partial charge in [-0.2, -0.15) is 0 Å². The maximum atomic E-state index is 6.49. The summed E-state index contributed by atoms with van der Waals surface area (Å²) >= 11 is 9.41. The van der Waals surface area contributed by atoms with E-state index in [0.29, 0.717) is 0 Å². The van der Waals surface area contributed by atoms with Crippen LogP contribution in [0.25, 0.3) is 111 Å². The van der Waals surface area contributed by atoms with Gasteiger partial charge in [-0.05, 0) is 241 Å². The van der Waals surface area contributed by atoms with Gasteiger partial charge < -0.3 is 18.4 Å². The molecule has 1 fully saturated rings. The average Bonchev–Trinajstić information content (AvgIpc) is 1.54. The van der Waals surface area contributed by atoms with Gasteiger partial charge in [0.2, 0.25) is 0 Å². The topological polar surface area (TPSA) is 28.3 Å². The van der Waals surface area contributed by atoms with Crippen molar-refractivity contribution in [2.75, 3.05) is 0 Å². The van der Waals surface area contributed by atoms with Gasteiger partial charge in [0, 0.05) is 45.4 Å². The minimum Gasteiger partial charge on any atom is -0.399 e. The fraction of sp³-hybridized carbons (Fsp3) is 0.0769. The number of halogens is 3. The van der Waals surface area contributed by atoms with Gasteiger partial charge in [0.15, 0.2) is 0 Å². The van der Waals surface area contributed by atoms with Crippen LogP contribution in [-0.4, -0.2) is 27.5 Å². The van der Waals surface area contributed by atoms with E-state index in [0.717, 1.165) is 31.3 Å². The van der Waals surface area contributed by atoms with E-state index >= 15 is 0 Å². The number of para-hydroxylation sites is 2. The lowest BCUT2D eigenvalue weighted by atomic mass is 9.68. The SMILES string of the molecule is Brc1cccc(-c2ccc(-c3ccc4c5ccccc5n(-c5ccc6c(c5)-c5ccccc5C6(c5ccccc5)c5ccccc5)c4c3)cc2)c1.Brc1cccc(-c2ccc(I)cc2)c1.CC1(C)OB(c2ccc3c4ccccc4n(-c4ccc5c(c4)-c4ccccc4C5(c4ccccc4)c4ccccc4)c3c2)OC1(C)C. The first kappa shape index (κ1) is 71.1. The summed E-state index contributed by atoms with van der Waals surface area (Å²) in [6.45, 7) is 8.43. The van der Waals surface area contributed by atoms with Crippen LogP contribution in [0.5, 0.6) is 0 Å². The van der Waals surface area contributed by atoms with Crippen LogP contribution < -0.4 is 5.46 Å². The Hall–Kier alpha value is -11.2. The maximum absolute atomic E-state index is 6.49. The Balaban J connectivity index is 0.000000129. The molecule has 0 bridgehead atoms. The summed E-state index contributed by atoms with van der Waals surface area (Å²) in [5.41, 5.74) is 29.2. The average molecular weight is 1680 g/mol. The second-order valence-electron chi connectivity index (χ2n) is 30.4. The lowest BCUT2D eigenvalue weighted by Gasteiger charge is -2.33. The van der Waals surface area contributed by atoms with Gasteiger partial charge in [-0.25, -0.2) is 0 Å². The van der Waals surface area contributed by atoms with Crippen molar-refractivity contribution in [2.24, 2.45) is 0 Å². The Bertz CT molecular complexity index is 6520. The molecule has 0 amide bonds. The highest BCUT2D eigenvalue weighted by molar-refractivity contribution is 14.1. The first-order valence-corrected chi connectivity index (χ1v) is 40.9. The first-order chi connectivity index (χ1) is 54.7. The summed E-state index contributed by atoms with van der Waals surface area (Å²) in [7, 11) is -0.430. The first-order valence-electron chi connectivity index (χ1n) is 38.3. The Morgan fingerprint density at radius 3 is 1.04 bits per heavy atom. The summed E-state index contributed by atoms with van der Waals surface area (Å²) in [4.78, 5) is 0. The van der Waals surface area contributed by atoms with Crippen molar-refractivity contribution in [1.82, 2.24) is 9.13 Å². The minimum atomic E-state index is -0.430. The van der Waals surface area contributed by atoms with Gasteiger partial charge >= 0.3 is 7.12 Å². The molecule has 0 saturated carbocycles. The Morgan fingerprint density at radius 2 is 0.607 bits per heavy atom. The number of rotatable bonds is 10. The quantitative estimate of drug-likeness (QED) is 0.101. The van der Waals surface area contributed by atoms with E-state index in [-0.39, 0.29) is 0 Å². The van der Waals surface area contributed by atoms with Crippen LogP contribution in [-0.2, 0) is 20.1 Å². The standard InChI is InChI=1S/C49H32BrN.C43H36BNO2.C12H8BrI/c50-39-17-11-12-35(30-39)33-22-24-34(25-23-33)36-26-28-43-42-19-8-10-21-47(42)51(48(43)31-36)40-27-29-46-44(32-40)41-18-7-9-20-45(41)49(46,37-13-3-1-4-14-37)38-15-5-2-6-16-38;1-41(2)42(3,4)47-44(46-41)31-23-25-35-34-20-12-14-22-39(34)45(40(35)27-31)32-24-26-38-36(28-32)33-19-11-13-21-37(33)43(38,29-15-7-5-8-16-29)30-17-9-6-10-18-30;13-11-3-1-2-10(8-11)9-4-6-12(14)7-5-9/h1-32H;5-28H,1-4H3;1-8H. The molecule has 0 N–H and O–H groups in total. The molecule has 1 aliphatic heterocycles. The summed E-state index contributed by atoms with van der Waals surface area (Å²) < 4.78 is 21.3. The van der Waals surface area contributed by atoms with E-state index in [1.54, 1.807) is 0 Å². The van der Waals surface area contributed by atoms with Gasteiger partial charge in [-0.1, -0.05) is 335 Å². The summed E-state index contributed by atoms with van der Waals surface area (Å²) in [5, 5.41) is 4.95. The highest BCUT2D eigenvalue weighted by Gasteiger charge is 2.52. The Morgan fingerprint density at radius 1 is 0.268 bits per heavy atom. The lowest BCUT2D eigenvalue weighted by Crippen LogP contribution is -2.41. The van der Waals surface area contributed by atoms with E-state index in [4.69, 9.17) is 9.31 Å². The zero-order valence-corrected chi connectivity index (χ0v) is 67.7. The van der Waals surface area contributed by atoms with Gasteiger partial charge in [0.25, 0.3) is 0 Å². The molecule has 3 aliphatic rings. The number of benzene rings is 16. The van der Waals surface area contributed by atoms with Crippen molar-refractivity contribution in [1.29, 1.82) is 0 Å². The van der Waals surface area contributed by atoms with E-state index < -0.39 is 29.2 Å². The molecule has 2 aliphatic carbocycles. The normalized spacial score (nSPS) is 14.4. The lowest BCUT2D eigenvalue weighted by molar-refractivity contribution is 0.00578. The number of nitrogens with zero attached hydrogens (tertiary/aromatic N) is 2. The zero-order valence-electron chi connectivity index (χ0n) is 62.4. The molecule has 8 heteroatoms. The van der Waals surface area contributed by atoms with Crippen LogP contribution >= 0.6 is 54.5 Å². The molecular formula is C104H76BBr2IN2O2. The van der Waals surface area contributed by atoms with Gasteiger partial charge in [0.05, 0.1) is 44.1 Å². The zero-order chi connectivity index (χ0) is 75.9. The summed E-state index contributed by atoms with van der Waals surface area (Å²) in [5.74, 6) is 0. The minimum absolute atomic E-state index is 0.406. The van der Waals surface area contributed by atoms with Gasteiger partial charge in [-0.15, -0.1) is 0 Å². The molecule has 3 heterocycles. The molecule has 18 aromatic rings. The highest BCUT2D eigenvalue weighted by Crippen LogP contribution is 2.59. The van der Waals surface area contributed by atoms with Crippen LogP contribution in [0.2, 0.25) is 0 Å². The van der Waals surface area contributed by atoms with Crippen molar-refractivity contribution >= 4 is 111 Å². The maximum Gasteiger partial charge on any atom is 0.494 e. The Labute approximate surface area is 685 Å². The van der Waals surface area contributed by atoms with Crippen LogP contribution in [0.1, 0.15) is 72.2 Å². The molecular weight excluding hydrogens is 1610 g/mol. The van der Waals surface area contributed by atoms with E-state index in [9.17, 15) is 0 Å². The van der Waals surface area contributed by atoms with Crippen LogP contribution in [0.3, 0.4) is 0 Å². The van der Waals surface area contributed by atoms with Gasteiger partial charge in [-0.3, -0.25) is 0 Å². The number of hydrogen-bond acceptors (Lipinski definition) is 2. The van der Waals surface area contributed by atoms with E-state index in [1.807, 2.05) is 6.07 Å². The second-order valence-corrected chi connectivity index (χ2v) is 33.5. The fourth-order valence-corrected chi connectivity index (χ4v) is 19.0. The summed E-state index contributed by atoms with van der Waals surface area (Å²) in [6, 6.07) is 141. The van der Waals surface area contributed by atoms with E-state index in [2.05, 4.69) is 473 Å². The third kappa shape index (κ3) is 12.1.